The first-order valence-corrected chi connectivity index (χ1v) is 6.64. The van der Waals surface area contributed by atoms with Crippen molar-refractivity contribution in [3.05, 3.63) is 52.4 Å². The van der Waals surface area contributed by atoms with Crippen LogP contribution in [0.2, 0.25) is 0 Å². The molecular weight excluding hydrogens is 262 g/mol. The molecule has 0 spiro atoms. The van der Waals surface area contributed by atoms with E-state index in [2.05, 4.69) is 5.32 Å². The molecule has 2 rings (SSSR count). The normalized spacial score (nSPS) is 10.2. The van der Waals surface area contributed by atoms with Crippen LogP contribution in [0.1, 0.15) is 32.5 Å². The first-order valence-electron chi connectivity index (χ1n) is 5.82. The SMILES string of the molecule is CCc1cc(C(=O)[O-])c(NC(=O)c2ccccc2)s1. The first-order chi connectivity index (χ1) is 9.11. The number of carbonyl (C=O) groups is 2. The van der Waals surface area contributed by atoms with Gasteiger partial charge in [-0.25, -0.2) is 0 Å². The minimum Gasteiger partial charge on any atom is -0.545 e. The minimum absolute atomic E-state index is 0.0335. The average Bonchev–Trinajstić information content (AvgIpc) is 2.83. The Morgan fingerprint density at radius 1 is 1.26 bits per heavy atom. The third-order valence-electron chi connectivity index (χ3n) is 2.61. The lowest BCUT2D eigenvalue weighted by molar-refractivity contribution is -0.254. The Balaban J connectivity index is 2.26. The van der Waals surface area contributed by atoms with Gasteiger partial charge in [0.1, 0.15) is 5.00 Å². The number of anilines is 1. The van der Waals surface area contributed by atoms with Crippen LogP contribution in [0.5, 0.6) is 0 Å². The average molecular weight is 274 g/mol. The number of carboxylic acids is 1. The van der Waals surface area contributed by atoms with Crippen molar-refractivity contribution < 1.29 is 14.7 Å². The van der Waals surface area contributed by atoms with Gasteiger partial charge in [0, 0.05) is 16.0 Å². The predicted molar refractivity (Wildman–Crippen MR) is 72.4 cm³/mol. The number of aryl methyl sites for hydroxylation is 1. The summed E-state index contributed by atoms with van der Waals surface area (Å²) >= 11 is 1.26. The van der Waals surface area contributed by atoms with E-state index in [4.69, 9.17) is 0 Å². The van der Waals surface area contributed by atoms with E-state index in [0.717, 1.165) is 4.88 Å². The van der Waals surface area contributed by atoms with Crippen molar-refractivity contribution >= 4 is 28.2 Å². The molecule has 0 bridgehead atoms. The highest BCUT2D eigenvalue weighted by atomic mass is 32.1. The van der Waals surface area contributed by atoms with Crippen LogP contribution in [0.3, 0.4) is 0 Å². The number of thiophene rings is 1. The third kappa shape index (κ3) is 3.00. The number of carbonyl (C=O) groups excluding carboxylic acids is 2. The van der Waals surface area contributed by atoms with E-state index in [-0.39, 0.29) is 11.5 Å². The van der Waals surface area contributed by atoms with Crippen molar-refractivity contribution in [2.45, 2.75) is 13.3 Å². The number of amides is 1. The van der Waals surface area contributed by atoms with Crippen LogP contribution in [0.15, 0.2) is 36.4 Å². The van der Waals surface area contributed by atoms with Crippen LogP contribution < -0.4 is 10.4 Å². The summed E-state index contributed by atoms with van der Waals surface area (Å²) < 4.78 is 0. The molecule has 4 nitrogen and oxygen atoms in total. The van der Waals surface area contributed by atoms with Crippen molar-refractivity contribution in [1.82, 2.24) is 0 Å². The smallest absolute Gasteiger partial charge is 0.256 e. The summed E-state index contributed by atoms with van der Waals surface area (Å²) in [5, 5.41) is 14.0. The molecule has 0 fully saturated rings. The number of hydrogen-bond acceptors (Lipinski definition) is 4. The largest absolute Gasteiger partial charge is 0.545 e. The highest BCUT2D eigenvalue weighted by molar-refractivity contribution is 7.16. The molecule has 0 radical (unpaired) electrons. The summed E-state index contributed by atoms with van der Waals surface area (Å²) in [5.41, 5.74) is 0.518. The van der Waals surface area contributed by atoms with Crippen LogP contribution in [0, 0.1) is 0 Å². The lowest BCUT2D eigenvalue weighted by atomic mass is 10.2. The molecule has 1 heterocycles. The molecule has 0 saturated carbocycles. The number of hydrogen-bond donors (Lipinski definition) is 1. The van der Waals surface area contributed by atoms with Gasteiger partial charge in [-0.15, -0.1) is 11.3 Å². The molecule has 0 atom stereocenters. The number of rotatable bonds is 4. The first kappa shape index (κ1) is 13.3. The van der Waals surface area contributed by atoms with E-state index < -0.39 is 5.97 Å². The van der Waals surface area contributed by atoms with Gasteiger partial charge in [0.05, 0.1) is 5.97 Å². The Bertz CT molecular complexity index is 604. The summed E-state index contributed by atoms with van der Waals surface area (Å²) in [6.45, 7) is 1.92. The van der Waals surface area contributed by atoms with E-state index >= 15 is 0 Å². The van der Waals surface area contributed by atoms with Gasteiger partial charge in [-0.3, -0.25) is 4.79 Å². The zero-order chi connectivity index (χ0) is 13.8. The molecule has 0 aliphatic heterocycles. The maximum atomic E-state index is 12.0. The summed E-state index contributed by atoms with van der Waals surface area (Å²) in [4.78, 5) is 23.9. The minimum atomic E-state index is -1.28. The van der Waals surface area contributed by atoms with Crippen LogP contribution in [-0.4, -0.2) is 11.9 Å². The van der Waals surface area contributed by atoms with Gasteiger partial charge in [-0.2, -0.15) is 0 Å². The maximum Gasteiger partial charge on any atom is 0.256 e. The molecule has 1 amide bonds. The van der Waals surface area contributed by atoms with Gasteiger partial charge >= 0.3 is 0 Å². The van der Waals surface area contributed by atoms with Crippen molar-refractivity contribution in [1.29, 1.82) is 0 Å². The summed E-state index contributed by atoms with van der Waals surface area (Å²) in [5.74, 6) is -1.60. The topological polar surface area (TPSA) is 69.2 Å². The number of carboxylic acid groups (broad SMARTS) is 1. The Kier molecular flexibility index (Phi) is 3.97. The van der Waals surface area contributed by atoms with Crippen molar-refractivity contribution in [3.8, 4) is 0 Å². The van der Waals surface area contributed by atoms with Crippen molar-refractivity contribution in [2.24, 2.45) is 0 Å². The van der Waals surface area contributed by atoms with E-state index in [1.165, 1.54) is 11.3 Å². The maximum absolute atomic E-state index is 12.0. The number of nitrogens with one attached hydrogen (secondary N) is 1. The predicted octanol–water partition coefficient (Wildman–Crippen LogP) is 1.93. The molecular formula is C14H12NO3S-. The van der Waals surface area contributed by atoms with E-state index in [9.17, 15) is 14.7 Å². The van der Waals surface area contributed by atoms with E-state index in [1.807, 2.05) is 13.0 Å². The van der Waals surface area contributed by atoms with Gasteiger partial charge in [0.2, 0.25) is 0 Å². The molecule has 0 unspecified atom stereocenters. The second kappa shape index (κ2) is 5.67. The molecule has 1 aromatic carbocycles. The molecule has 2 aromatic rings. The van der Waals surface area contributed by atoms with E-state index in [0.29, 0.717) is 17.0 Å². The summed E-state index contributed by atoms with van der Waals surface area (Å²) in [6, 6.07) is 10.2. The van der Waals surface area contributed by atoms with Gasteiger partial charge in [-0.1, -0.05) is 25.1 Å². The lowest BCUT2D eigenvalue weighted by Crippen LogP contribution is -2.23. The summed E-state index contributed by atoms with van der Waals surface area (Å²) in [7, 11) is 0. The Morgan fingerprint density at radius 3 is 2.53 bits per heavy atom. The fourth-order valence-electron chi connectivity index (χ4n) is 1.63. The van der Waals surface area contributed by atoms with Crippen LogP contribution in [0.25, 0.3) is 0 Å². The second-order valence-corrected chi connectivity index (χ2v) is 5.05. The number of benzene rings is 1. The van der Waals surface area contributed by atoms with Crippen molar-refractivity contribution in [3.63, 3.8) is 0 Å². The molecule has 0 saturated heterocycles. The summed E-state index contributed by atoms with van der Waals surface area (Å²) in [6.07, 6.45) is 0.714. The monoisotopic (exact) mass is 274 g/mol. The van der Waals surface area contributed by atoms with Crippen LogP contribution >= 0.6 is 11.3 Å². The number of aromatic carboxylic acids is 1. The molecule has 98 valence electrons. The van der Waals surface area contributed by atoms with E-state index in [1.54, 1.807) is 30.3 Å². The molecule has 0 aliphatic rings. The fourth-order valence-corrected chi connectivity index (χ4v) is 2.60. The van der Waals surface area contributed by atoms with Gasteiger partial charge in [-0.05, 0) is 24.6 Å². The highest BCUT2D eigenvalue weighted by Gasteiger charge is 2.13. The standard InChI is InChI=1S/C14H13NO3S/c1-2-10-8-11(14(17)18)13(19-10)15-12(16)9-6-4-3-5-7-9/h3-8H,2H2,1H3,(H,15,16)(H,17,18)/p-1. The zero-order valence-corrected chi connectivity index (χ0v) is 11.1. The Hall–Kier alpha value is -2.14. The van der Waals surface area contributed by atoms with Crippen molar-refractivity contribution in [2.75, 3.05) is 5.32 Å². The lowest BCUT2D eigenvalue weighted by Gasteiger charge is -2.06. The molecule has 19 heavy (non-hydrogen) atoms. The van der Waals surface area contributed by atoms with Gasteiger partial charge in [0.25, 0.3) is 5.91 Å². The van der Waals surface area contributed by atoms with Crippen LogP contribution in [0.4, 0.5) is 5.00 Å². The molecule has 1 N–H and O–H groups in total. The molecule has 0 aliphatic carbocycles. The molecule has 1 aromatic heterocycles. The van der Waals surface area contributed by atoms with Gasteiger partial charge < -0.3 is 15.2 Å². The molecule has 5 heteroatoms. The van der Waals surface area contributed by atoms with Gasteiger partial charge in [0.15, 0.2) is 0 Å². The third-order valence-corrected chi connectivity index (χ3v) is 3.81. The zero-order valence-electron chi connectivity index (χ0n) is 10.3. The second-order valence-electron chi connectivity index (χ2n) is 3.92. The Labute approximate surface area is 114 Å². The fraction of sp³-hybridized carbons (Fsp3) is 0.143. The Morgan fingerprint density at radius 2 is 1.95 bits per heavy atom. The van der Waals surface area contributed by atoms with Crippen LogP contribution in [-0.2, 0) is 6.42 Å². The quantitative estimate of drug-likeness (QED) is 0.926. The highest BCUT2D eigenvalue weighted by Crippen LogP contribution is 2.28.